The molecule has 0 saturated heterocycles. The second kappa shape index (κ2) is 12.5. The molecule has 15 heteroatoms. The van der Waals surface area contributed by atoms with Crippen molar-refractivity contribution in [3.63, 3.8) is 0 Å². The van der Waals surface area contributed by atoms with Crippen LogP contribution in [-0.4, -0.2) is 49.1 Å². The molecule has 4 rings (SSSR count). The average molecular weight is 623 g/mol. The van der Waals surface area contributed by atoms with Crippen LogP contribution >= 0.6 is 46.9 Å². The van der Waals surface area contributed by atoms with Crippen LogP contribution in [0.1, 0.15) is 27.2 Å². The van der Waals surface area contributed by atoms with Gasteiger partial charge in [0.1, 0.15) is 29.3 Å². The topological polar surface area (TPSA) is 131 Å². The van der Waals surface area contributed by atoms with E-state index >= 15 is 0 Å². The number of carbonyl (C=O) groups is 2. The van der Waals surface area contributed by atoms with Crippen molar-refractivity contribution in [1.29, 1.82) is 0 Å². The summed E-state index contributed by atoms with van der Waals surface area (Å²) < 4.78 is 21.8. The minimum atomic E-state index is -1.20. The molecule has 0 aliphatic heterocycles. The van der Waals surface area contributed by atoms with Gasteiger partial charge in [0.15, 0.2) is 8.29 Å². The predicted octanol–water partition coefficient (Wildman–Crippen LogP) is 6.49. The van der Waals surface area contributed by atoms with Gasteiger partial charge in [0, 0.05) is 22.9 Å². The third kappa shape index (κ3) is 6.69. The van der Waals surface area contributed by atoms with Gasteiger partial charge in [-0.3, -0.25) is 9.59 Å². The molecule has 40 heavy (non-hydrogen) atoms. The highest BCUT2D eigenvalue weighted by Gasteiger charge is 2.33. The number of carboxylic acid groups (broad SMARTS) is 1. The Morgan fingerprint density at radius 1 is 1.27 bits per heavy atom. The molecule has 0 atom stereocenters. The lowest BCUT2D eigenvalue weighted by Crippen LogP contribution is -2.41. The molecular formula is C25H24ClFN6O4S3. The Kier molecular flexibility index (Phi) is 9.23. The number of amides is 1. The number of fused-ring (bicyclic) bond motifs is 1. The van der Waals surface area contributed by atoms with Crippen LogP contribution in [0.4, 0.5) is 21.6 Å². The molecule has 0 aliphatic carbocycles. The number of nitrogens with zero attached hydrogens (tertiary/aromatic N) is 4. The molecule has 0 spiro atoms. The van der Waals surface area contributed by atoms with E-state index in [4.69, 9.17) is 33.7 Å². The van der Waals surface area contributed by atoms with E-state index in [1.54, 1.807) is 26.0 Å². The molecule has 1 amide bonds. The number of halogens is 2. The summed E-state index contributed by atoms with van der Waals surface area (Å²) in [6.07, 6.45) is 1.36. The number of carbonyl (C=O) groups excluding carboxylic acids is 1. The van der Waals surface area contributed by atoms with Gasteiger partial charge < -0.3 is 20.5 Å². The monoisotopic (exact) mass is 622 g/mol. The molecule has 210 valence electrons. The molecule has 4 aromatic rings. The maximum absolute atomic E-state index is 13.6. The van der Waals surface area contributed by atoms with E-state index in [2.05, 4.69) is 25.7 Å². The highest BCUT2D eigenvalue weighted by molar-refractivity contribution is 8.01. The fourth-order valence-corrected chi connectivity index (χ4v) is 6.32. The first-order chi connectivity index (χ1) is 19.0. The van der Waals surface area contributed by atoms with Gasteiger partial charge in [-0.1, -0.05) is 34.7 Å². The maximum Gasteiger partial charge on any atom is 0.304 e. The van der Waals surface area contributed by atoms with Gasteiger partial charge in [-0.15, -0.1) is 0 Å². The molecule has 0 aliphatic rings. The number of aromatic nitrogens is 4. The molecule has 0 saturated carbocycles. The standard InChI is InChI=1S/C25H24ClFN6O4S3/c1-4-37-19-11-17-14(21(29-12-28-17)30-13-5-6-16(27)15(26)9-13)10-18(19)31-22(36)25(2,3)33-24(38)40-23(32-33)39-8-7-20(34)35/h5-6,9-12H,4,7-8H2,1-3H3,(H,31,36)(H,34,35)(H,28,29,30). The van der Waals surface area contributed by atoms with Crippen molar-refractivity contribution in [2.75, 3.05) is 23.0 Å². The summed E-state index contributed by atoms with van der Waals surface area (Å²) >= 11 is 13.9. The molecule has 2 aromatic carbocycles. The molecular weight excluding hydrogens is 599 g/mol. The van der Waals surface area contributed by atoms with Gasteiger partial charge in [-0.25, -0.2) is 19.0 Å². The fourth-order valence-electron chi connectivity index (χ4n) is 3.54. The number of anilines is 3. The Bertz CT molecular complexity index is 1640. The predicted molar refractivity (Wildman–Crippen MR) is 157 cm³/mol. The van der Waals surface area contributed by atoms with Crippen LogP contribution in [0.2, 0.25) is 5.02 Å². The number of aliphatic carboxylic acids is 1. The van der Waals surface area contributed by atoms with Crippen LogP contribution < -0.4 is 15.4 Å². The second-order valence-corrected chi connectivity index (χ2v) is 12.2. The first kappa shape index (κ1) is 29.6. The molecule has 0 radical (unpaired) electrons. The van der Waals surface area contributed by atoms with Crippen molar-refractivity contribution in [3.05, 3.63) is 51.5 Å². The minimum Gasteiger partial charge on any atom is -0.492 e. The van der Waals surface area contributed by atoms with Crippen molar-refractivity contribution in [3.8, 4) is 5.75 Å². The van der Waals surface area contributed by atoms with Crippen LogP contribution in [0.25, 0.3) is 10.9 Å². The van der Waals surface area contributed by atoms with Crippen molar-refractivity contribution in [2.24, 2.45) is 0 Å². The third-order valence-corrected chi connectivity index (χ3v) is 8.28. The summed E-state index contributed by atoms with van der Waals surface area (Å²) in [5.41, 5.74) is 0.245. The maximum atomic E-state index is 13.6. The van der Waals surface area contributed by atoms with Gasteiger partial charge in [0.05, 0.1) is 29.3 Å². The Labute approximate surface area is 246 Å². The van der Waals surface area contributed by atoms with E-state index in [1.807, 2.05) is 6.92 Å². The van der Waals surface area contributed by atoms with E-state index < -0.39 is 23.2 Å². The smallest absolute Gasteiger partial charge is 0.304 e. The summed E-state index contributed by atoms with van der Waals surface area (Å²) in [6, 6.07) is 7.60. The number of ether oxygens (including phenoxy) is 1. The summed E-state index contributed by atoms with van der Waals surface area (Å²) in [5.74, 6) is -0.703. The largest absolute Gasteiger partial charge is 0.492 e. The van der Waals surface area contributed by atoms with Gasteiger partial charge in [0.2, 0.25) is 0 Å². The van der Waals surface area contributed by atoms with E-state index in [9.17, 15) is 14.0 Å². The van der Waals surface area contributed by atoms with E-state index in [1.165, 1.54) is 52.3 Å². The lowest BCUT2D eigenvalue weighted by atomic mass is 10.0. The molecule has 3 N–H and O–H groups in total. The van der Waals surface area contributed by atoms with Crippen molar-refractivity contribution >= 4 is 86.9 Å². The number of hydrogen-bond donors (Lipinski definition) is 3. The third-order valence-electron chi connectivity index (χ3n) is 5.62. The fraction of sp³-hybridized carbons (Fsp3) is 0.280. The van der Waals surface area contributed by atoms with E-state index in [0.29, 0.717) is 54.5 Å². The van der Waals surface area contributed by atoms with Gasteiger partial charge in [-0.2, -0.15) is 5.10 Å². The number of nitrogens with one attached hydrogen (secondary N) is 2. The van der Waals surface area contributed by atoms with E-state index in [0.717, 1.165) is 0 Å². The number of benzene rings is 2. The minimum absolute atomic E-state index is 0.0161. The number of carboxylic acids is 1. The lowest BCUT2D eigenvalue weighted by molar-refractivity contribution is -0.136. The van der Waals surface area contributed by atoms with Gasteiger partial charge in [0.25, 0.3) is 5.91 Å². The number of rotatable bonds is 11. The normalized spacial score (nSPS) is 11.4. The van der Waals surface area contributed by atoms with Crippen molar-refractivity contribution in [2.45, 2.75) is 37.1 Å². The van der Waals surface area contributed by atoms with E-state index in [-0.39, 0.29) is 11.4 Å². The number of hydrogen-bond acceptors (Lipinski definition) is 10. The first-order valence-corrected chi connectivity index (χ1v) is 14.5. The summed E-state index contributed by atoms with van der Waals surface area (Å²) in [6.45, 7) is 5.53. The highest BCUT2D eigenvalue weighted by atomic mass is 35.5. The second-order valence-electron chi connectivity index (χ2n) is 8.83. The lowest BCUT2D eigenvalue weighted by Gasteiger charge is -2.24. The Hall–Kier alpha value is -3.33. The quantitative estimate of drug-likeness (QED) is 0.126. The zero-order valence-corrected chi connectivity index (χ0v) is 24.7. The van der Waals surface area contributed by atoms with Crippen LogP contribution in [0.3, 0.4) is 0 Å². The molecule has 0 unspecified atom stereocenters. The molecule has 2 heterocycles. The Morgan fingerprint density at radius 2 is 2.05 bits per heavy atom. The summed E-state index contributed by atoms with van der Waals surface area (Å²) in [5, 5.41) is 19.9. The van der Waals surface area contributed by atoms with Gasteiger partial charge >= 0.3 is 5.97 Å². The van der Waals surface area contributed by atoms with Crippen LogP contribution in [0.15, 0.2) is 41.0 Å². The summed E-state index contributed by atoms with van der Waals surface area (Å²) in [7, 11) is 0. The zero-order chi connectivity index (χ0) is 29.0. The van der Waals surface area contributed by atoms with Crippen LogP contribution in [0.5, 0.6) is 5.75 Å². The Balaban J connectivity index is 1.65. The van der Waals surface area contributed by atoms with Crippen molar-refractivity contribution in [1.82, 2.24) is 19.7 Å². The van der Waals surface area contributed by atoms with Crippen LogP contribution in [0, 0.1) is 9.77 Å². The molecule has 2 aromatic heterocycles. The van der Waals surface area contributed by atoms with Crippen molar-refractivity contribution < 1.29 is 23.8 Å². The Morgan fingerprint density at radius 3 is 2.75 bits per heavy atom. The average Bonchev–Trinajstić information content (AvgIpc) is 3.27. The zero-order valence-electron chi connectivity index (χ0n) is 21.5. The first-order valence-electron chi connectivity index (χ1n) is 11.9. The number of thioether (sulfide) groups is 1. The summed E-state index contributed by atoms with van der Waals surface area (Å²) in [4.78, 5) is 33.1. The molecule has 0 fully saturated rings. The molecule has 10 nitrogen and oxygen atoms in total. The molecule has 0 bridgehead atoms. The van der Waals surface area contributed by atoms with Gasteiger partial charge in [-0.05, 0) is 57.3 Å². The highest BCUT2D eigenvalue weighted by Crippen LogP contribution is 2.35. The SMILES string of the molecule is CCOc1cc2ncnc(Nc3ccc(F)c(Cl)c3)c2cc1NC(=O)C(C)(C)n1nc(SCCC(=O)O)sc1=S. The van der Waals surface area contributed by atoms with Crippen LogP contribution in [-0.2, 0) is 15.1 Å².